The number of imidazole rings is 1. The molecule has 2 aromatic carbocycles. The molecule has 0 atom stereocenters. The van der Waals surface area contributed by atoms with Gasteiger partial charge in [0.05, 0.1) is 18.0 Å². The van der Waals surface area contributed by atoms with Crippen molar-refractivity contribution in [2.24, 2.45) is 18.9 Å². The van der Waals surface area contributed by atoms with Crippen molar-refractivity contribution in [1.29, 1.82) is 0 Å². The minimum atomic E-state index is -0.112. The Bertz CT molecular complexity index is 1800. The van der Waals surface area contributed by atoms with Crippen LogP contribution in [0.1, 0.15) is 88.9 Å². The summed E-state index contributed by atoms with van der Waals surface area (Å²) >= 11 is 0. The van der Waals surface area contributed by atoms with Crippen molar-refractivity contribution >= 4 is 27.5 Å². The Morgan fingerprint density at radius 3 is 2.10 bits per heavy atom. The maximum Gasteiger partial charge on any atom is 0.297 e. The van der Waals surface area contributed by atoms with Crippen molar-refractivity contribution < 1.29 is 4.57 Å². The molecule has 40 heavy (non-hydrogen) atoms. The molecule has 0 saturated carbocycles. The molecule has 4 heterocycles. The molecule has 0 saturated heterocycles. The highest BCUT2D eigenvalue weighted by Gasteiger charge is 2.52. The van der Waals surface area contributed by atoms with E-state index in [1.165, 1.54) is 66.7 Å². The molecule has 0 bridgehead atoms. The Morgan fingerprint density at radius 1 is 0.875 bits per heavy atom. The van der Waals surface area contributed by atoms with Gasteiger partial charge >= 0.3 is 0 Å². The molecule has 3 aromatic heterocycles. The topological polar surface area (TPSA) is 21.2 Å². The summed E-state index contributed by atoms with van der Waals surface area (Å²) in [5, 5.41) is 2.53. The Hall–Kier alpha value is -3.20. The fourth-order valence-corrected chi connectivity index (χ4v) is 7.40. The quantitative estimate of drug-likeness (QED) is 0.164. The third-order valence-corrected chi connectivity index (χ3v) is 10.1. The van der Waals surface area contributed by atoms with E-state index in [2.05, 4.69) is 128 Å². The molecular weight excluding hydrogens is 486 g/mol. The Balaban J connectivity index is 1.87. The van der Waals surface area contributed by atoms with Crippen LogP contribution in [0.5, 0.6) is 0 Å². The van der Waals surface area contributed by atoms with E-state index in [0.29, 0.717) is 11.8 Å². The zero-order valence-electron chi connectivity index (χ0n) is 26.5. The summed E-state index contributed by atoms with van der Waals surface area (Å²) in [6, 6.07) is 14.3. The highest BCUT2D eigenvalue weighted by atomic mass is 15.1. The van der Waals surface area contributed by atoms with Crippen LogP contribution in [0.15, 0.2) is 42.6 Å². The number of aromatic nitrogens is 3. The van der Waals surface area contributed by atoms with Crippen LogP contribution in [-0.4, -0.2) is 9.38 Å². The maximum absolute atomic E-state index is 5.09. The number of aryl methyl sites for hydroxylation is 3. The van der Waals surface area contributed by atoms with E-state index >= 15 is 0 Å². The number of pyridine rings is 2. The summed E-state index contributed by atoms with van der Waals surface area (Å²) in [6.07, 6.45) is 4.25. The summed E-state index contributed by atoms with van der Waals surface area (Å²) in [4.78, 5) is 5.09. The molecule has 208 valence electrons. The molecule has 1 aliphatic heterocycles. The van der Waals surface area contributed by atoms with Gasteiger partial charge in [0, 0.05) is 33.5 Å². The van der Waals surface area contributed by atoms with Gasteiger partial charge in [-0.1, -0.05) is 73.6 Å². The van der Waals surface area contributed by atoms with Crippen LogP contribution in [0.3, 0.4) is 0 Å². The van der Waals surface area contributed by atoms with Gasteiger partial charge in [-0.15, -0.1) is 0 Å². The molecule has 1 aliphatic rings. The van der Waals surface area contributed by atoms with Crippen LogP contribution in [0.25, 0.3) is 38.7 Å². The molecule has 6 rings (SSSR count). The Kier molecular flexibility index (Phi) is 6.01. The van der Waals surface area contributed by atoms with E-state index < -0.39 is 0 Å². The van der Waals surface area contributed by atoms with E-state index in [-0.39, 0.29) is 10.8 Å². The van der Waals surface area contributed by atoms with Crippen molar-refractivity contribution in [1.82, 2.24) is 9.38 Å². The first-order valence-corrected chi connectivity index (χ1v) is 15.1. The number of hydrogen-bond acceptors (Lipinski definition) is 1. The first-order valence-electron chi connectivity index (χ1n) is 15.1. The number of nitrogens with zero attached hydrogens (tertiary/aromatic N) is 3. The molecule has 0 N–H and O–H groups in total. The monoisotopic (exact) mass is 532 g/mol. The summed E-state index contributed by atoms with van der Waals surface area (Å²) in [7, 11) is 2.29. The van der Waals surface area contributed by atoms with Crippen molar-refractivity contribution in [2.45, 2.75) is 92.9 Å². The van der Waals surface area contributed by atoms with Gasteiger partial charge < -0.3 is 0 Å². The molecule has 0 aliphatic carbocycles. The van der Waals surface area contributed by atoms with Gasteiger partial charge in [-0.05, 0) is 79.0 Å². The molecule has 5 aromatic rings. The van der Waals surface area contributed by atoms with Crippen molar-refractivity contribution in [3.05, 3.63) is 76.1 Å². The fraction of sp³-hybridized carbons (Fsp3) is 0.459. The SMILES string of the molecule is Cc1cnc2c3cccc4c3n3c(c(-c5cc(CC(C)C)cc(CC(C)C)c5)[n+](C)c3c2c1C)C(C)(C)C4(C)C. The van der Waals surface area contributed by atoms with Crippen LogP contribution >= 0.6 is 0 Å². The number of hydrogen-bond donors (Lipinski definition) is 0. The average Bonchev–Trinajstić information content (AvgIpc) is 3.17. The van der Waals surface area contributed by atoms with Crippen LogP contribution in [0, 0.1) is 25.7 Å². The van der Waals surface area contributed by atoms with Gasteiger partial charge in [-0.25, -0.2) is 4.57 Å². The maximum atomic E-state index is 5.09. The first-order chi connectivity index (χ1) is 18.8. The van der Waals surface area contributed by atoms with Crippen LogP contribution in [0.2, 0.25) is 0 Å². The minimum Gasteiger partial charge on any atom is -0.255 e. The summed E-state index contributed by atoms with van der Waals surface area (Å²) in [5.74, 6) is 1.23. The zero-order chi connectivity index (χ0) is 28.9. The van der Waals surface area contributed by atoms with Gasteiger partial charge in [-0.3, -0.25) is 4.98 Å². The molecule has 0 radical (unpaired) electrons. The summed E-state index contributed by atoms with van der Waals surface area (Å²) < 4.78 is 5.12. The first kappa shape index (κ1) is 27.0. The van der Waals surface area contributed by atoms with Gasteiger partial charge in [0.15, 0.2) is 11.4 Å². The van der Waals surface area contributed by atoms with Crippen LogP contribution in [-0.2, 0) is 30.7 Å². The highest BCUT2D eigenvalue weighted by Crippen LogP contribution is 2.53. The van der Waals surface area contributed by atoms with Crippen molar-refractivity contribution in [3.8, 4) is 11.3 Å². The minimum absolute atomic E-state index is 0.0702. The Morgan fingerprint density at radius 2 is 1.50 bits per heavy atom. The average molecular weight is 533 g/mol. The van der Waals surface area contributed by atoms with Gasteiger partial charge in [0.1, 0.15) is 5.52 Å². The lowest BCUT2D eigenvalue weighted by atomic mass is 9.60. The molecule has 0 amide bonds. The predicted molar refractivity (Wildman–Crippen MR) is 169 cm³/mol. The van der Waals surface area contributed by atoms with Gasteiger partial charge in [0.2, 0.25) is 0 Å². The third kappa shape index (κ3) is 3.62. The smallest absolute Gasteiger partial charge is 0.255 e. The van der Waals surface area contributed by atoms with E-state index in [1.54, 1.807) is 0 Å². The molecule has 3 nitrogen and oxygen atoms in total. The fourth-order valence-electron chi connectivity index (χ4n) is 7.40. The van der Waals surface area contributed by atoms with Crippen LogP contribution in [0.4, 0.5) is 0 Å². The van der Waals surface area contributed by atoms with E-state index in [1.807, 2.05) is 0 Å². The normalized spacial score (nSPS) is 15.9. The highest BCUT2D eigenvalue weighted by molar-refractivity contribution is 6.12. The lowest BCUT2D eigenvalue weighted by Gasteiger charge is -2.43. The molecule has 3 heteroatoms. The lowest BCUT2D eigenvalue weighted by Crippen LogP contribution is -2.44. The summed E-state index contributed by atoms with van der Waals surface area (Å²) in [6.45, 7) is 23.6. The standard InChI is InChI=1S/C37H46N3/c1-21(2)15-25-17-26(16-22(3)4)19-27(18-25)32-34-37(9,10)36(7,8)29-14-12-13-28-31-30(24(6)23(5)20-38-31)35(39(32)11)40(34)33(28)29/h12-14,17-22H,15-16H2,1-11H3/q+1. The zero-order valence-corrected chi connectivity index (χ0v) is 26.5. The Labute approximate surface area is 240 Å². The van der Waals surface area contributed by atoms with Crippen molar-refractivity contribution in [3.63, 3.8) is 0 Å². The van der Waals surface area contributed by atoms with Crippen molar-refractivity contribution in [2.75, 3.05) is 0 Å². The molecular formula is C37H46N3+. The number of rotatable bonds is 5. The second kappa shape index (κ2) is 8.90. The van der Waals surface area contributed by atoms with E-state index in [4.69, 9.17) is 4.98 Å². The molecule has 0 fully saturated rings. The molecule has 0 unspecified atom stereocenters. The predicted octanol–water partition coefficient (Wildman–Crippen LogP) is 8.71. The molecule has 0 spiro atoms. The largest absolute Gasteiger partial charge is 0.297 e. The third-order valence-electron chi connectivity index (χ3n) is 10.1. The van der Waals surface area contributed by atoms with E-state index in [0.717, 1.165) is 18.4 Å². The van der Waals surface area contributed by atoms with Crippen LogP contribution < -0.4 is 4.57 Å². The second-order valence-electron chi connectivity index (χ2n) is 14.4. The summed E-state index contributed by atoms with van der Waals surface area (Å²) in [5.41, 5.74) is 14.5. The van der Waals surface area contributed by atoms with E-state index in [9.17, 15) is 0 Å². The van der Waals surface area contributed by atoms with Gasteiger partial charge in [0.25, 0.3) is 5.65 Å². The number of fused-ring (bicyclic) bond motifs is 3. The lowest BCUT2D eigenvalue weighted by molar-refractivity contribution is -0.632. The second-order valence-corrected chi connectivity index (χ2v) is 14.4. The number of benzene rings is 2. The number of para-hydroxylation sites is 1. The van der Waals surface area contributed by atoms with Gasteiger partial charge in [-0.2, -0.15) is 4.40 Å².